The molecule has 1 rings (SSSR count). The van der Waals surface area contributed by atoms with E-state index >= 15 is 0 Å². The second kappa shape index (κ2) is 7.97. The minimum absolute atomic E-state index is 0.0460. The lowest BCUT2D eigenvalue weighted by Gasteiger charge is -2.04. The van der Waals surface area contributed by atoms with Gasteiger partial charge in [-0.2, -0.15) is 0 Å². The van der Waals surface area contributed by atoms with Crippen molar-refractivity contribution >= 4 is 0 Å². The van der Waals surface area contributed by atoms with Crippen LogP contribution in [0.3, 0.4) is 0 Å². The monoisotopic (exact) mass is 212 g/mol. The number of ether oxygens (including phenoxy) is 1. The smallest absolute Gasteiger partial charge is 0.164 e. The molecule has 15 heavy (non-hydrogen) atoms. The Labute approximate surface area is 91.3 Å². The largest absolute Gasteiger partial charge is 0.508 e. The van der Waals surface area contributed by atoms with Gasteiger partial charge in [0.15, 0.2) is 11.5 Å². The summed E-state index contributed by atoms with van der Waals surface area (Å²) in [5, 5.41) is 18.1. The Morgan fingerprint density at radius 3 is 2.13 bits per heavy atom. The van der Waals surface area contributed by atoms with Gasteiger partial charge in [0.2, 0.25) is 0 Å². The first kappa shape index (κ1) is 13.6. The number of phenolic OH excluding ortho intramolecular Hbond substituents is 2. The fourth-order valence-electron chi connectivity index (χ4n) is 0.774. The third-order valence-electron chi connectivity index (χ3n) is 1.74. The van der Waals surface area contributed by atoms with Gasteiger partial charge in [0.25, 0.3) is 0 Å². The summed E-state index contributed by atoms with van der Waals surface area (Å²) in [6.07, 6.45) is 2.64. The van der Waals surface area contributed by atoms with Crippen LogP contribution in [0.1, 0.15) is 33.6 Å². The minimum atomic E-state index is 0.0460. The number of aromatic hydroxyl groups is 2. The zero-order valence-corrected chi connectivity index (χ0v) is 9.66. The van der Waals surface area contributed by atoms with Crippen molar-refractivity contribution in [2.45, 2.75) is 33.6 Å². The highest BCUT2D eigenvalue weighted by Gasteiger charge is 2.00. The fourth-order valence-corrected chi connectivity index (χ4v) is 0.774. The van der Waals surface area contributed by atoms with Crippen LogP contribution in [0.2, 0.25) is 0 Å². The SMILES string of the molecule is CCCC.CCOc1cc(O)ccc1O. The van der Waals surface area contributed by atoms with E-state index < -0.39 is 0 Å². The first-order valence-electron chi connectivity index (χ1n) is 5.30. The number of hydrogen-bond acceptors (Lipinski definition) is 3. The molecule has 0 radical (unpaired) electrons. The summed E-state index contributed by atoms with van der Waals surface area (Å²) >= 11 is 0. The molecule has 0 heterocycles. The minimum Gasteiger partial charge on any atom is -0.508 e. The van der Waals surface area contributed by atoms with Gasteiger partial charge in [0.05, 0.1) is 6.61 Å². The normalized spacial score (nSPS) is 9.00. The summed E-state index contributed by atoms with van der Waals surface area (Å²) in [6, 6.07) is 4.16. The number of unbranched alkanes of at least 4 members (excludes halogenated alkanes) is 1. The van der Waals surface area contributed by atoms with E-state index in [1.54, 1.807) is 0 Å². The molecule has 0 aliphatic carbocycles. The molecule has 86 valence electrons. The maximum Gasteiger partial charge on any atom is 0.164 e. The molecule has 0 bridgehead atoms. The topological polar surface area (TPSA) is 49.7 Å². The fraction of sp³-hybridized carbons (Fsp3) is 0.500. The maximum atomic E-state index is 9.13. The lowest BCUT2D eigenvalue weighted by atomic mass is 10.3. The van der Waals surface area contributed by atoms with Crippen molar-refractivity contribution in [2.24, 2.45) is 0 Å². The third kappa shape index (κ3) is 5.83. The van der Waals surface area contributed by atoms with Crippen LogP contribution in [-0.2, 0) is 0 Å². The number of phenols is 2. The van der Waals surface area contributed by atoms with Gasteiger partial charge < -0.3 is 14.9 Å². The van der Waals surface area contributed by atoms with Crippen LogP contribution >= 0.6 is 0 Å². The molecule has 1 aromatic carbocycles. The number of rotatable bonds is 3. The Hall–Kier alpha value is -1.38. The molecule has 0 aliphatic rings. The molecule has 0 amide bonds. The first-order valence-corrected chi connectivity index (χ1v) is 5.30. The van der Waals surface area contributed by atoms with Crippen LogP contribution < -0.4 is 4.74 Å². The van der Waals surface area contributed by atoms with Crippen LogP contribution in [0.25, 0.3) is 0 Å². The molecule has 2 N–H and O–H groups in total. The van der Waals surface area contributed by atoms with Gasteiger partial charge in [-0.15, -0.1) is 0 Å². The van der Waals surface area contributed by atoms with E-state index in [0.717, 1.165) is 0 Å². The van der Waals surface area contributed by atoms with E-state index in [1.807, 2.05) is 6.92 Å². The van der Waals surface area contributed by atoms with Gasteiger partial charge in [-0.1, -0.05) is 26.7 Å². The lowest BCUT2D eigenvalue weighted by molar-refractivity contribution is 0.315. The molecule has 0 saturated carbocycles. The molecular weight excluding hydrogens is 192 g/mol. The second-order valence-electron chi connectivity index (χ2n) is 3.09. The van der Waals surface area contributed by atoms with E-state index in [9.17, 15) is 0 Å². The van der Waals surface area contributed by atoms with Gasteiger partial charge in [0.1, 0.15) is 5.75 Å². The highest BCUT2D eigenvalue weighted by atomic mass is 16.5. The average Bonchev–Trinajstić information content (AvgIpc) is 2.24. The number of hydrogen-bond donors (Lipinski definition) is 2. The first-order chi connectivity index (χ1) is 7.15. The molecule has 3 nitrogen and oxygen atoms in total. The Kier molecular flexibility index (Phi) is 7.24. The van der Waals surface area contributed by atoms with Crippen molar-refractivity contribution in [2.75, 3.05) is 6.61 Å². The highest BCUT2D eigenvalue weighted by molar-refractivity contribution is 5.43. The molecule has 1 aromatic rings. The standard InChI is InChI=1S/C8H10O3.C4H10/c1-2-11-8-5-6(9)3-4-7(8)10;1-3-4-2/h3-5,9-10H,2H2,1H3;3-4H2,1-2H3. The Morgan fingerprint density at radius 2 is 1.67 bits per heavy atom. The third-order valence-corrected chi connectivity index (χ3v) is 1.74. The molecule has 0 unspecified atom stereocenters. The predicted octanol–water partition coefficient (Wildman–Crippen LogP) is 3.30. The molecule has 0 atom stereocenters. The van der Waals surface area contributed by atoms with Crippen LogP contribution in [0.5, 0.6) is 17.2 Å². The second-order valence-corrected chi connectivity index (χ2v) is 3.09. The van der Waals surface area contributed by atoms with Crippen LogP contribution in [0.15, 0.2) is 18.2 Å². The molecule has 0 aliphatic heterocycles. The zero-order chi connectivity index (χ0) is 11.7. The Balaban J connectivity index is 0.000000423. The van der Waals surface area contributed by atoms with Crippen LogP contribution in [-0.4, -0.2) is 16.8 Å². The van der Waals surface area contributed by atoms with Gasteiger partial charge in [-0.05, 0) is 19.1 Å². The van der Waals surface area contributed by atoms with Gasteiger partial charge in [0, 0.05) is 6.07 Å². The molecule has 0 fully saturated rings. The quantitative estimate of drug-likeness (QED) is 0.756. The number of benzene rings is 1. The summed E-state index contributed by atoms with van der Waals surface area (Å²) in [5.74, 6) is 0.448. The molecular formula is C12H20O3. The van der Waals surface area contributed by atoms with E-state index in [2.05, 4.69) is 13.8 Å². The summed E-state index contributed by atoms with van der Waals surface area (Å²) < 4.78 is 5.01. The zero-order valence-electron chi connectivity index (χ0n) is 9.66. The van der Waals surface area contributed by atoms with Gasteiger partial charge in [-0.3, -0.25) is 0 Å². The summed E-state index contributed by atoms with van der Waals surface area (Å²) in [6.45, 7) is 6.64. The highest BCUT2D eigenvalue weighted by Crippen LogP contribution is 2.29. The molecule has 0 saturated heterocycles. The predicted molar refractivity (Wildman–Crippen MR) is 61.5 cm³/mol. The lowest BCUT2D eigenvalue weighted by Crippen LogP contribution is -1.90. The summed E-state index contributed by atoms with van der Waals surface area (Å²) in [7, 11) is 0. The van der Waals surface area contributed by atoms with Gasteiger partial charge in [-0.25, -0.2) is 0 Å². The van der Waals surface area contributed by atoms with Crippen molar-refractivity contribution in [1.29, 1.82) is 0 Å². The van der Waals surface area contributed by atoms with E-state index in [1.165, 1.54) is 31.0 Å². The van der Waals surface area contributed by atoms with Crippen LogP contribution in [0, 0.1) is 0 Å². The average molecular weight is 212 g/mol. The van der Waals surface area contributed by atoms with Crippen molar-refractivity contribution < 1.29 is 14.9 Å². The van der Waals surface area contributed by atoms with Crippen molar-refractivity contribution in [3.63, 3.8) is 0 Å². The van der Waals surface area contributed by atoms with E-state index in [-0.39, 0.29) is 11.5 Å². The summed E-state index contributed by atoms with van der Waals surface area (Å²) in [4.78, 5) is 0. The van der Waals surface area contributed by atoms with Crippen molar-refractivity contribution in [1.82, 2.24) is 0 Å². The van der Waals surface area contributed by atoms with Crippen molar-refractivity contribution in [3.05, 3.63) is 18.2 Å². The molecule has 0 aromatic heterocycles. The van der Waals surface area contributed by atoms with Crippen LogP contribution in [0.4, 0.5) is 0 Å². The van der Waals surface area contributed by atoms with E-state index in [0.29, 0.717) is 12.4 Å². The Bertz CT molecular complexity index is 270. The van der Waals surface area contributed by atoms with Crippen molar-refractivity contribution in [3.8, 4) is 17.2 Å². The maximum absolute atomic E-state index is 9.13. The molecule has 0 spiro atoms. The Morgan fingerprint density at radius 1 is 1.07 bits per heavy atom. The van der Waals surface area contributed by atoms with Gasteiger partial charge >= 0.3 is 0 Å². The molecule has 3 heteroatoms. The summed E-state index contributed by atoms with van der Waals surface area (Å²) in [5.41, 5.74) is 0. The van der Waals surface area contributed by atoms with E-state index in [4.69, 9.17) is 14.9 Å².